The summed E-state index contributed by atoms with van der Waals surface area (Å²) in [7, 11) is 0. The molecule has 0 aliphatic heterocycles. The molecule has 1 aromatic carbocycles. The summed E-state index contributed by atoms with van der Waals surface area (Å²) >= 11 is 0. The Hall–Kier alpha value is -1.51. The number of phenolic OH excluding ortho intramolecular Hbond substituents is 1. The summed E-state index contributed by atoms with van der Waals surface area (Å²) in [6.07, 6.45) is 4.27. The first-order valence-electron chi connectivity index (χ1n) is 5.26. The van der Waals surface area contributed by atoms with E-state index in [9.17, 15) is 9.90 Å². The smallest absolute Gasteiger partial charge is 0.338 e. The minimum atomic E-state index is -0.335. The Morgan fingerprint density at radius 1 is 1.33 bits per heavy atom. The first kappa shape index (κ1) is 10.0. The van der Waals surface area contributed by atoms with Crippen molar-refractivity contribution in [3.05, 3.63) is 29.8 Å². The lowest BCUT2D eigenvalue weighted by Gasteiger charge is -2.11. The van der Waals surface area contributed by atoms with Gasteiger partial charge in [0.15, 0.2) is 0 Å². The number of rotatable bonds is 2. The minimum absolute atomic E-state index is 0.0693. The number of aromatic hydroxyl groups is 1. The molecule has 0 aromatic heterocycles. The van der Waals surface area contributed by atoms with Crippen LogP contribution >= 0.6 is 0 Å². The maximum atomic E-state index is 11.6. The molecule has 3 heteroatoms. The van der Waals surface area contributed by atoms with Crippen molar-refractivity contribution in [2.24, 2.45) is 0 Å². The molecule has 0 unspecified atom stereocenters. The van der Waals surface area contributed by atoms with E-state index in [4.69, 9.17) is 4.74 Å². The van der Waals surface area contributed by atoms with Crippen molar-refractivity contribution >= 4 is 5.97 Å². The Balaban J connectivity index is 2.01. The van der Waals surface area contributed by atoms with Crippen LogP contribution in [0.25, 0.3) is 0 Å². The summed E-state index contributed by atoms with van der Waals surface area (Å²) in [6, 6.07) is 6.25. The highest BCUT2D eigenvalue weighted by atomic mass is 16.5. The molecule has 1 N–H and O–H groups in total. The average Bonchev–Trinajstić information content (AvgIpc) is 2.70. The van der Waals surface area contributed by atoms with Crippen molar-refractivity contribution in [2.45, 2.75) is 31.8 Å². The maximum absolute atomic E-state index is 11.6. The standard InChI is InChI=1S/C12H14O3/c13-10-5-3-4-9(8-10)12(14)15-11-6-1-2-7-11/h3-5,8,11,13H,1-2,6-7H2. The predicted molar refractivity (Wildman–Crippen MR) is 55.8 cm³/mol. The Bertz CT molecular complexity index is 354. The zero-order valence-electron chi connectivity index (χ0n) is 8.48. The van der Waals surface area contributed by atoms with E-state index >= 15 is 0 Å². The van der Waals surface area contributed by atoms with Crippen LogP contribution in [0.15, 0.2) is 24.3 Å². The number of ether oxygens (including phenoxy) is 1. The molecule has 2 rings (SSSR count). The van der Waals surface area contributed by atoms with Crippen LogP contribution in [0, 0.1) is 0 Å². The van der Waals surface area contributed by atoms with Crippen LogP contribution in [0.4, 0.5) is 0 Å². The molecule has 0 atom stereocenters. The van der Waals surface area contributed by atoms with E-state index in [1.807, 2.05) is 0 Å². The monoisotopic (exact) mass is 206 g/mol. The maximum Gasteiger partial charge on any atom is 0.338 e. The van der Waals surface area contributed by atoms with Crippen LogP contribution < -0.4 is 0 Å². The van der Waals surface area contributed by atoms with Gasteiger partial charge in [-0.1, -0.05) is 6.07 Å². The van der Waals surface area contributed by atoms with E-state index in [1.54, 1.807) is 12.1 Å². The van der Waals surface area contributed by atoms with Gasteiger partial charge in [0.25, 0.3) is 0 Å². The van der Waals surface area contributed by atoms with Gasteiger partial charge in [0.1, 0.15) is 11.9 Å². The van der Waals surface area contributed by atoms with E-state index in [0.717, 1.165) is 25.7 Å². The fourth-order valence-electron chi connectivity index (χ4n) is 1.86. The lowest BCUT2D eigenvalue weighted by Crippen LogP contribution is -2.14. The molecule has 1 aliphatic rings. The first-order chi connectivity index (χ1) is 7.25. The number of carbonyl (C=O) groups is 1. The van der Waals surface area contributed by atoms with Gasteiger partial charge < -0.3 is 9.84 Å². The lowest BCUT2D eigenvalue weighted by atomic mass is 10.2. The highest BCUT2D eigenvalue weighted by Gasteiger charge is 2.20. The second-order valence-corrected chi connectivity index (χ2v) is 3.86. The normalized spacial score (nSPS) is 16.5. The molecule has 1 saturated carbocycles. The quantitative estimate of drug-likeness (QED) is 0.756. The third-order valence-electron chi connectivity index (χ3n) is 2.66. The minimum Gasteiger partial charge on any atom is -0.508 e. The topological polar surface area (TPSA) is 46.5 Å². The highest BCUT2D eigenvalue weighted by molar-refractivity contribution is 5.89. The van der Waals surface area contributed by atoms with Crippen LogP contribution in [0.3, 0.4) is 0 Å². The van der Waals surface area contributed by atoms with Crippen molar-refractivity contribution in [2.75, 3.05) is 0 Å². The largest absolute Gasteiger partial charge is 0.508 e. The fourth-order valence-corrected chi connectivity index (χ4v) is 1.86. The molecule has 15 heavy (non-hydrogen) atoms. The molecule has 0 saturated heterocycles. The molecular formula is C12H14O3. The summed E-state index contributed by atoms with van der Waals surface area (Å²) in [5.74, 6) is -0.242. The van der Waals surface area contributed by atoms with E-state index < -0.39 is 0 Å². The van der Waals surface area contributed by atoms with E-state index in [2.05, 4.69) is 0 Å². The van der Waals surface area contributed by atoms with E-state index in [0.29, 0.717) is 5.56 Å². The number of phenols is 1. The van der Waals surface area contributed by atoms with Crippen molar-refractivity contribution in [3.8, 4) is 5.75 Å². The fraction of sp³-hybridized carbons (Fsp3) is 0.417. The third-order valence-corrected chi connectivity index (χ3v) is 2.66. The van der Waals surface area contributed by atoms with Gasteiger partial charge in [-0.2, -0.15) is 0 Å². The van der Waals surface area contributed by atoms with Crippen LogP contribution in [0.1, 0.15) is 36.0 Å². The van der Waals surface area contributed by atoms with E-state index in [-0.39, 0.29) is 17.8 Å². The van der Waals surface area contributed by atoms with Gasteiger partial charge in [0, 0.05) is 0 Å². The van der Waals surface area contributed by atoms with Crippen molar-refractivity contribution in [1.82, 2.24) is 0 Å². The number of hydrogen-bond donors (Lipinski definition) is 1. The third kappa shape index (κ3) is 2.49. The zero-order chi connectivity index (χ0) is 10.7. The predicted octanol–water partition coefficient (Wildman–Crippen LogP) is 2.49. The SMILES string of the molecule is O=C(OC1CCCC1)c1cccc(O)c1. The van der Waals surface area contributed by atoms with Gasteiger partial charge in [-0.25, -0.2) is 4.79 Å². The molecule has 1 aliphatic carbocycles. The number of esters is 1. The van der Waals surface area contributed by atoms with Crippen molar-refractivity contribution < 1.29 is 14.6 Å². The summed E-state index contributed by atoms with van der Waals surface area (Å²) in [6.45, 7) is 0. The second kappa shape index (κ2) is 4.34. The number of carbonyl (C=O) groups excluding carboxylic acids is 1. The summed E-state index contributed by atoms with van der Waals surface area (Å²) in [4.78, 5) is 11.6. The zero-order valence-corrected chi connectivity index (χ0v) is 8.48. The van der Waals surface area contributed by atoms with Gasteiger partial charge in [0.2, 0.25) is 0 Å². The molecule has 0 heterocycles. The van der Waals surface area contributed by atoms with Crippen LogP contribution in [-0.2, 0) is 4.74 Å². The van der Waals surface area contributed by atoms with Crippen molar-refractivity contribution in [3.63, 3.8) is 0 Å². The molecular weight excluding hydrogens is 192 g/mol. The second-order valence-electron chi connectivity index (χ2n) is 3.86. The lowest BCUT2D eigenvalue weighted by molar-refractivity contribution is 0.0317. The summed E-state index contributed by atoms with van der Waals surface area (Å²) in [5.41, 5.74) is 0.418. The van der Waals surface area contributed by atoms with Crippen LogP contribution in [0.2, 0.25) is 0 Å². The number of benzene rings is 1. The van der Waals surface area contributed by atoms with E-state index in [1.165, 1.54) is 12.1 Å². The molecule has 80 valence electrons. The molecule has 3 nitrogen and oxygen atoms in total. The van der Waals surface area contributed by atoms with Crippen LogP contribution in [0.5, 0.6) is 5.75 Å². The Morgan fingerprint density at radius 2 is 2.07 bits per heavy atom. The van der Waals surface area contributed by atoms with Gasteiger partial charge >= 0.3 is 5.97 Å². The van der Waals surface area contributed by atoms with Crippen molar-refractivity contribution in [1.29, 1.82) is 0 Å². The van der Waals surface area contributed by atoms with Crippen LogP contribution in [-0.4, -0.2) is 17.2 Å². The molecule has 0 amide bonds. The molecule has 1 fully saturated rings. The van der Waals surface area contributed by atoms with Gasteiger partial charge in [0.05, 0.1) is 5.56 Å². The number of hydrogen-bond acceptors (Lipinski definition) is 3. The average molecular weight is 206 g/mol. The summed E-state index contributed by atoms with van der Waals surface area (Å²) in [5, 5.41) is 9.22. The Morgan fingerprint density at radius 3 is 2.73 bits per heavy atom. The molecule has 0 radical (unpaired) electrons. The highest BCUT2D eigenvalue weighted by Crippen LogP contribution is 2.22. The first-order valence-corrected chi connectivity index (χ1v) is 5.26. The van der Waals surface area contributed by atoms with Gasteiger partial charge in [-0.3, -0.25) is 0 Å². The Labute approximate surface area is 88.7 Å². The molecule has 0 bridgehead atoms. The van der Waals surface area contributed by atoms with Gasteiger partial charge in [-0.05, 0) is 43.9 Å². The molecule has 1 aromatic rings. The van der Waals surface area contributed by atoms with Gasteiger partial charge in [-0.15, -0.1) is 0 Å². The molecule has 0 spiro atoms. The summed E-state index contributed by atoms with van der Waals surface area (Å²) < 4.78 is 5.30. The Kier molecular flexibility index (Phi) is 2.90.